The zero-order valence-electron chi connectivity index (χ0n) is 17.6. The van der Waals surface area contributed by atoms with Crippen LogP contribution >= 0.6 is 15.9 Å². The van der Waals surface area contributed by atoms with E-state index in [-0.39, 0.29) is 17.9 Å². The molecule has 1 amide bonds. The number of hydrogen-bond donors (Lipinski definition) is 2. The molecule has 1 aliphatic rings. The molecule has 2 N–H and O–H groups in total. The predicted octanol–water partition coefficient (Wildman–Crippen LogP) is 4.01. The van der Waals surface area contributed by atoms with E-state index in [1.165, 1.54) is 5.56 Å². The number of amides is 1. The van der Waals surface area contributed by atoms with E-state index in [4.69, 9.17) is 4.74 Å². The lowest BCUT2D eigenvalue weighted by Gasteiger charge is -2.19. The Morgan fingerprint density at radius 1 is 1.26 bits per heavy atom. The van der Waals surface area contributed by atoms with Gasteiger partial charge in [-0.3, -0.25) is 9.48 Å². The van der Waals surface area contributed by atoms with Crippen molar-refractivity contribution in [3.63, 3.8) is 0 Å². The number of nitrogens with zero attached hydrogens (tertiary/aromatic N) is 3. The summed E-state index contributed by atoms with van der Waals surface area (Å²) in [6.45, 7) is 3.94. The number of hydrogen-bond acceptors (Lipinski definition) is 5. The summed E-state index contributed by atoms with van der Waals surface area (Å²) in [5.41, 5.74) is 3.95. The van der Waals surface area contributed by atoms with Gasteiger partial charge in [0.15, 0.2) is 0 Å². The standard InChI is InChI=1S/C23H26BrN5O2/c1-15-11-16(3-4-19(15)24)13-26-21-12-17(5-8-25-21)23(30)27-14-18-7-10-31-22(18)20-6-9-28-29(20)2/h3-6,8-9,11-12,18,22H,7,10,13-14H2,1-2H3,(H,25,26)(H,27,30)/t18-,22+/m0/s1. The molecule has 1 saturated heterocycles. The van der Waals surface area contributed by atoms with Crippen LogP contribution in [0.5, 0.6) is 0 Å². The molecule has 0 bridgehead atoms. The number of nitrogens with one attached hydrogen (secondary N) is 2. The van der Waals surface area contributed by atoms with E-state index in [2.05, 4.69) is 55.7 Å². The number of carbonyl (C=O) groups is 1. The number of anilines is 1. The number of pyridine rings is 1. The summed E-state index contributed by atoms with van der Waals surface area (Å²) in [7, 11) is 1.91. The molecular weight excluding hydrogens is 458 g/mol. The molecule has 0 saturated carbocycles. The third kappa shape index (κ3) is 5.14. The highest BCUT2D eigenvalue weighted by Crippen LogP contribution is 2.33. The monoisotopic (exact) mass is 483 g/mol. The Balaban J connectivity index is 1.34. The van der Waals surface area contributed by atoms with Gasteiger partial charge in [0.25, 0.3) is 5.91 Å². The minimum absolute atomic E-state index is 0.0446. The Kier molecular flexibility index (Phi) is 6.67. The van der Waals surface area contributed by atoms with Crippen molar-refractivity contribution < 1.29 is 9.53 Å². The van der Waals surface area contributed by atoms with E-state index in [1.54, 1.807) is 24.5 Å². The molecular formula is C23H26BrN5O2. The van der Waals surface area contributed by atoms with Gasteiger partial charge in [-0.05, 0) is 48.7 Å². The smallest absolute Gasteiger partial charge is 0.251 e. The molecule has 7 nitrogen and oxygen atoms in total. The Bertz CT molecular complexity index is 1070. The van der Waals surface area contributed by atoms with Crippen LogP contribution in [0.1, 0.15) is 39.7 Å². The van der Waals surface area contributed by atoms with E-state index in [0.29, 0.717) is 31.1 Å². The highest BCUT2D eigenvalue weighted by Gasteiger charge is 2.31. The third-order valence-corrected chi connectivity index (χ3v) is 6.50. The molecule has 0 unspecified atom stereocenters. The first kappa shape index (κ1) is 21.5. The highest BCUT2D eigenvalue weighted by atomic mass is 79.9. The van der Waals surface area contributed by atoms with Gasteiger partial charge in [-0.2, -0.15) is 5.10 Å². The Hall–Kier alpha value is -2.71. The SMILES string of the molecule is Cc1cc(CNc2cc(C(=O)NC[C@@H]3CCO[C@H]3c3ccnn3C)ccn2)ccc1Br. The van der Waals surface area contributed by atoms with E-state index in [0.717, 1.165) is 22.2 Å². The van der Waals surface area contributed by atoms with Crippen LogP contribution < -0.4 is 10.6 Å². The molecule has 0 spiro atoms. The van der Waals surface area contributed by atoms with E-state index in [9.17, 15) is 4.79 Å². The molecule has 4 rings (SSSR count). The number of aromatic nitrogens is 3. The lowest BCUT2D eigenvalue weighted by atomic mass is 9.99. The van der Waals surface area contributed by atoms with Gasteiger partial charge in [-0.15, -0.1) is 0 Å². The highest BCUT2D eigenvalue weighted by molar-refractivity contribution is 9.10. The summed E-state index contributed by atoms with van der Waals surface area (Å²) in [5.74, 6) is 0.783. The topological polar surface area (TPSA) is 81.1 Å². The Morgan fingerprint density at radius 3 is 2.90 bits per heavy atom. The molecule has 2 aromatic heterocycles. The summed E-state index contributed by atoms with van der Waals surface area (Å²) in [4.78, 5) is 17.1. The van der Waals surface area contributed by atoms with Crippen molar-refractivity contribution in [2.24, 2.45) is 13.0 Å². The summed E-state index contributed by atoms with van der Waals surface area (Å²) >= 11 is 3.52. The zero-order chi connectivity index (χ0) is 21.8. The van der Waals surface area contributed by atoms with Gasteiger partial charge < -0.3 is 15.4 Å². The van der Waals surface area contributed by atoms with Crippen LogP contribution in [0.25, 0.3) is 0 Å². The quantitative estimate of drug-likeness (QED) is 0.530. The summed E-state index contributed by atoms with van der Waals surface area (Å²) in [6.07, 6.45) is 4.29. The maximum atomic E-state index is 12.7. The second kappa shape index (κ2) is 9.62. The molecule has 3 heterocycles. The van der Waals surface area contributed by atoms with Gasteiger partial charge in [0, 0.05) is 55.1 Å². The second-order valence-corrected chi connectivity index (χ2v) is 8.65. The zero-order valence-corrected chi connectivity index (χ0v) is 19.2. The average Bonchev–Trinajstić information content (AvgIpc) is 3.41. The summed E-state index contributed by atoms with van der Waals surface area (Å²) < 4.78 is 8.82. The van der Waals surface area contributed by atoms with E-state index in [1.807, 2.05) is 23.9 Å². The van der Waals surface area contributed by atoms with Crippen LogP contribution in [0.2, 0.25) is 0 Å². The molecule has 8 heteroatoms. The van der Waals surface area contributed by atoms with Gasteiger partial charge >= 0.3 is 0 Å². The fourth-order valence-corrected chi connectivity index (χ4v) is 4.08. The van der Waals surface area contributed by atoms with Crippen molar-refractivity contribution in [2.45, 2.75) is 26.0 Å². The third-order valence-electron chi connectivity index (χ3n) is 5.61. The molecule has 2 atom stereocenters. The number of carbonyl (C=O) groups excluding carboxylic acids is 1. The second-order valence-electron chi connectivity index (χ2n) is 7.80. The van der Waals surface area contributed by atoms with Crippen molar-refractivity contribution in [1.82, 2.24) is 20.1 Å². The maximum absolute atomic E-state index is 12.7. The van der Waals surface area contributed by atoms with Crippen LogP contribution in [0, 0.1) is 12.8 Å². The van der Waals surface area contributed by atoms with Gasteiger partial charge in [0.05, 0.1) is 5.69 Å². The number of rotatable bonds is 7. The molecule has 0 radical (unpaired) electrons. The van der Waals surface area contributed by atoms with Crippen LogP contribution in [0.15, 0.2) is 53.3 Å². The number of halogens is 1. The maximum Gasteiger partial charge on any atom is 0.251 e. The van der Waals surface area contributed by atoms with Crippen LogP contribution in [-0.4, -0.2) is 33.8 Å². The molecule has 31 heavy (non-hydrogen) atoms. The predicted molar refractivity (Wildman–Crippen MR) is 123 cm³/mol. The van der Waals surface area contributed by atoms with Crippen molar-refractivity contribution in [1.29, 1.82) is 0 Å². The first-order valence-corrected chi connectivity index (χ1v) is 11.1. The Morgan fingerprint density at radius 2 is 2.13 bits per heavy atom. The van der Waals surface area contributed by atoms with Crippen LogP contribution in [0.3, 0.4) is 0 Å². The molecule has 1 aliphatic heterocycles. The van der Waals surface area contributed by atoms with Gasteiger partial charge in [-0.25, -0.2) is 4.98 Å². The minimum atomic E-state index is -0.111. The van der Waals surface area contributed by atoms with Crippen molar-refractivity contribution >= 4 is 27.7 Å². The van der Waals surface area contributed by atoms with Crippen molar-refractivity contribution in [2.75, 3.05) is 18.5 Å². The van der Waals surface area contributed by atoms with Crippen molar-refractivity contribution in [3.8, 4) is 0 Å². The minimum Gasteiger partial charge on any atom is -0.372 e. The largest absolute Gasteiger partial charge is 0.372 e. The van der Waals surface area contributed by atoms with Gasteiger partial charge in [-0.1, -0.05) is 28.1 Å². The first-order valence-electron chi connectivity index (χ1n) is 10.3. The van der Waals surface area contributed by atoms with Gasteiger partial charge in [0.1, 0.15) is 11.9 Å². The molecule has 162 valence electrons. The normalized spacial score (nSPS) is 18.2. The molecule has 0 aliphatic carbocycles. The number of benzene rings is 1. The molecule has 1 aromatic carbocycles. The van der Waals surface area contributed by atoms with Gasteiger partial charge in [0.2, 0.25) is 0 Å². The summed E-state index contributed by atoms with van der Waals surface area (Å²) in [6, 6.07) is 11.7. The average molecular weight is 484 g/mol. The number of aryl methyl sites for hydroxylation is 2. The van der Waals surface area contributed by atoms with Crippen LogP contribution in [0.4, 0.5) is 5.82 Å². The molecule has 3 aromatic rings. The lowest BCUT2D eigenvalue weighted by molar-refractivity contribution is 0.0801. The van der Waals surface area contributed by atoms with Crippen molar-refractivity contribution in [3.05, 3.63) is 75.6 Å². The first-order chi connectivity index (χ1) is 15.0. The van der Waals surface area contributed by atoms with Crippen LogP contribution in [-0.2, 0) is 18.3 Å². The Labute approximate surface area is 190 Å². The number of ether oxygens (including phenoxy) is 1. The lowest BCUT2D eigenvalue weighted by Crippen LogP contribution is -2.31. The van der Waals surface area contributed by atoms with E-state index >= 15 is 0 Å². The molecule has 1 fully saturated rings. The fourth-order valence-electron chi connectivity index (χ4n) is 3.84. The fraction of sp³-hybridized carbons (Fsp3) is 0.348. The summed E-state index contributed by atoms with van der Waals surface area (Å²) in [5, 5.41) is 10.6. The van der Waals surface area contributed by atoms with E-state index < -0.39 is 0 Å².